The molecule has 0 heterocycles. The number of esters is 4. The summed E-state index contributed by atoms with van der Waals surface area (Å²) in [6, 6.07) is 0. The molecule has 0 bridgehead atoms. The Hall–Kier alpha value is -1.94. The fourth-order valence-corrected chi connectivity index (χ4v) is 11.0. The van der Waals surface area contributed by atoms with E-state index in [1.807, 2.05) is 0 Å². The van der Waals surface area contributed by atoms with E-state index in [2.05, 4.69) is 55.4 Å². The van der Waals surface area contributed by atoms with Gasteiger partial charge in [0.2, 0.25) is 0 Å². The fourth-order valence-electron chi connectivity index (χ4n) is 9.43. The van der Waals surface area contributed by atoms with Crippen molar-refractivity contribution in [3.05, 3.63) is 0 Å². The largest absolute Gasteiger partial charge is 0.472 e. The number of aliphatic hydroxyl groups excluding tert-OH is 1. The van der Waals surface area contributed by atoms with E-state index in [1.165, 1.54) is 103 Å². The highest BCUT2D eigenvalue weighted by molar-refractivity contribution is 7.47. The minimum atomic E-state index is -4.95. The Kier molecular flexibility index (Phi) is 53.0. The topological polar surface area (TPSA) is 237 Å². The van der Waals surface area contributed by atoms with Crippen molar-refractivity contribution in [3.8, 4) is 0 Å². The molecule has 3 N–H and O–H groups in total. The summed E-state index contributed by atoms with van der Waals surface area (Å²) < 4.78 is 68.0. The molecule has 2 unspecified atom stereocenters. The summed E-state index contributed by atoms with van der Waals surface area (Å²) in [4.78, 5) is 72.2. The van der Waals surface area contributed by atoms with Crippen molar-refractivity contribution in [3.63, 3.8) is 0 Å². The molecule has 492 valence electrons. The lowest BCUT2D eigenvalue weighted by Gasteiger charge is -2.21. The van der Waals surface area contributed by atoms with Crippen LogP contribution in [0.2, 0.25) is 0 Å². The van der Waals surface area contributed by atoms with E-state index < -0.39 is 97.5 Å². The van der Waals surface area contributed by atoms with Crippen molar-refractivity contribution >= 4 is 39.5 Å². The highest BCUT2D eigenvalue weighted by Crippen LogP contribution is 2.45. The number of unbranched alkanes of at least 4 members (excludes halogenated alkanes) is 27. The average molecular weight is 1230 g/mol. The number of hydrogen-bond donors (Lipinski definition) is 3. The number of rotatable bonds is 61. The fraction of sp³-hybridized carbons (Fsp3) is 0.938. The third-order valence-electron chi connectivity index (χ3n) is 14.6. The zero-order valence-electron chi connectivity index (χ0n) is 53.8. The van der Waals surface area contributed by atoms with Gasteiger partial charge in [0.15, 0.2) is 12.2 Å². The minimum Gasteiger partial charge on any atom is -0.462 e. The molecule has 0 saturated heterocycles. The zero-order chi connectivity index (χ0) is 61.8. The Morgan fingerprint density at radius 3 is 0.747 bits per heavy atom. The molecule has 0 fully saturated rings. The molecule has 0 rings (SSSR count). The standard InChI is InChI=1S/C64H124O17P2/c1-54(2)40-32-24-16-11-9-10-12-20-30-38-46-63(68)80-59(50-74-61(66)44-36-28-19-14-13-17-25-33-41-55(3)4)52-78-82(70,71)76-48-58(65)49-77-83(72,73)79-53-60(51-75-62(67)45-37-29-23-22-27-35-43-57(7)8)81-64(69)47-39-31-21-15-18-26-34-42-56(5)6/h54-60,65H,9-53H2,1-8H3,(H,70,71)(H,72,73)/t58-,59-,60-/m1/s1. The van der Waals surface area contributed by atoms with Crippen LogP contribution in [0, 0.1) is 23.7 Å². The van der Waals surface area contributed by atoms with E-state index in [-0.39, 0.29) is 25.7 Å². The van der Waals surface area contributed by atoms with Crippen molar-refractivity contribution in [2.45, 2.75) is 324 Å². The summed E-state index contributed by atoms with van der Waals surface area (Å²) in [5, 5.41) is 10.5. The van der Waals surface area contributed by atoms with E-state index in [9.17, 15) is 43.2 Å². The van der Waals surface area contributed by atoms with Crippen LogP contribution in [0.3, 0.4) is 0 Å². The van der Waals surface area contributed by atoms with Crippen LogP contribution in [0.4, 0.5) is 0 Å². The van der Waals surface area contributed by atoms with Gasteiger partial charge in [-0.1, -0.05) is 254 Å². The molecule has 19 heteroatoms. The lowest BCUT2D eigenvalue weighted by Crippen LogP contribution is -2.30. The molecule has 0 aliphatic carbocycles. The molecule has 83 heavy (non-hydrogen) atoms. The lowest BCUT2D eigenvalue weighted by atomic mass is 10.0. The van der Waals surface area contributed by atoms with Gasteiger partial charge in [-0.3, -0.25) is 37.3 Å². The second-order valence-electron chi connectivity index (χ2n) is 25.1. The molecule has 17 nitrogen and oxygen atoms in total. The maximum Gasteiger partial charge on any atom is 0.472 e. The van der Waals surface area contributed by atoms with E-state index in [4.69, 9.17) is 37.0 Å². The number of phosphoric ester groups is 2. The van der Waals surface area contributed by atoms with Crippen LogP contribution < -0.4 is 0 Å². The predicted molar refractivity (Wildman–Crippen MR) is 331 cm³/mol. The molecule has 0 aliphatic rings. The highest BCUT2D eigenvalue weighted by Gasteiger charge is 2.30. The molecule has 0 aliphatic heterocycles. The number of ether oxygens (including phenoxy) is 4. The Labute approximate surface area is 505 Å². The van der Waals surface area contributed by atoms with Crippen molar-refractivity contribution in [1.82, 2.24) is 0 Å². The third kappa shape index (κ3) is 58.8. The predicted octanol–water partition coefficient (Wildman–Crippen LogP) is 17.4. The van der Waals surface area contributed by atoms with E-state index in [0.717, 1.165) is 108 Å². The zero-order valence-corrected chi connectivity index (χ0v) is 55.6. The number of hydrogen-bond acceptors (Lipinski definition) is 15. The molecular weight excluding hydrogens is 1100 g/mol. The van der Waals surface area contributed by atoms with Gasteiger partial charge in [-0.05, 0) is 49.4 Å². The maximum atomic E-state index is 13.0. The van der Waals surface area contributed by atoms with Gasteiger partial charge >= 0.3 is 39.5 Å². The van der Waals surface area contributed by atoms with Crippen molar-refractivity contribution in [2.75, 3.05) is 39.6 Å². The Morgan fingerprint density at radius 1 is 0.301 bits per heavy atom. The van der Waals surface area contributed by atoms with Gasteiger partial charge in [0, 0.05) is 25.7 Å². The SMILES string of the molecule is CC(C)CCCCCCCCCCCCC(=O)O[C@H](COC(=O)CCCCCCCCCCC(C)C)COP(=O)(O)OC[C@@H](O)COP(=O)(O)OC[C@@H](COC(=O)CCCCCCCCC(C)C)OC(=O)CCCCCCCCCC(C)C. The number of carbonyl (C=O) groups excluding carboxylic acids is 4. The maximum absolute atomic E-state index is 13.0. The monoisotopic (exact) mass is 1230 g/mol. The first-order chi connectivity index (χ1) is 39.6. The minimum absolute atomic E-state index is 0.102. The summed E-state index contributed by atoms with van der Waals surface area (Å²) >= 11 is 0. The lowest BCUT2D eigenvalue weighted by molar-refractivity contribution is -0.161. The normalized spacial score (nSPS) is 14.4. The van der Waals surface area contributed by atoms with Crippen LogP contribution in [-0.4, -0.2) is 96.7 Å². The molecule has 0 aromatic carbocycles. The molecule has 0 saturated carbocycles. The van der Waals surface area contributed by atoms with Crippen LogP contribution in [0.1, 0.15) is 306 Å². The molecule has 0 aromatic heterocycles. The summed E-state index contributed by atoms with van der Waals surface area (Å²) in [7, 11) is -9.89. The van der Waals surface area contributed by atoms with Crippen molar-refractivity contribution in [2.24, 2.45) is 23.7 Å². The second-order valence-corrected chi connectivity index (χ2v) is 28.0. The van der Waals surface area contributed by atoms with E-state index in [0.29, 0.717) is 37.5 Å². The highest BCUT2D eigenvalue weighted by atomic mass is 31.2. The third-order valence-corrected chi connectivity index (χ3v) is 16.5. The van der Waals surface area contributed by atoms with Gasteiger partial charge in [-0.15, -0.1) is 0 Å². The number of phosphoric acid groups is 2. The van der Waals surface area contributed by atoms with Crippen LogP contribution >= 0.6 is 15.6 Å². The van der Waals surface area contributed by atoms with Gasteiger partial charge in [-0.25, -0.2) is 9.13 Å². The van der Waals surface area contributed by atoms with Crippen LogP contribution in [0.25, 0.3) is 0 Å². The Bertz CT molecular complexity index is 1660. The summed E-state index contributed by atoms with van der Waals surface area (Å²) in [5.74, 6) is 0.711. The molecule has 0 radical (unpaired) electrons. The summed E-state index contributed by atoms with van der Waals surface area (Å²) in [6.07, 6.45) is 33.7. The quantitative estimate of drug-likeness (QED) is 0.0222. The van der Waals surface area contributed by atoms with E-state index in [1.54, 1.807) is 0 Å². The molecular formula is C64H124O17P2. The Balaban J connectivity index is 5.25. The number of carbonyl (C=O) groups is 4. The van der Waals surface area contributed by atoms with Gasteiger partial charge in [-0.2, -0.15) is 0 Å². The molecule has 0 aromatic rings. The first-order valence-corrected chi connectivity index (χ1v) is 36.2. The van der Waals surface area contributed by atoms with Gasteiger partial charge < -0.3 is 33.8 Å². The van der Waals surface area contributed by atoms with Gasteiger partial charge in [0.05, 0.1) is 26.4 Å². The van der Waals surface area contributed by atoms with Gasteiger partial charge in [0.25, 0.3) is 0 Å². The smallest absolute Gasteiger partial charge is 0.462 e. The van der Waals surface area contributed by atoms with Crippen molar-refractivity contribution in [1.29, 1.82) is 0 Å². The van der Waals surface area contributed by atoms with Crippen LogP contribution in [0.5, 0.6) is 0 Å². The summed E-state index contributed by atoms with van der Waals surface area (Å²) in [5.41, 5.74) is 0. The van der Waals surface area contributed by atoms with Crippen LogP contribution in [0.15, 0.2) is 0 Å². The molecule has 0 spiro atoms. The summed E-state index contributed by atoms with van der Waals surface area (Å²) in [6.45, 7) is 13.9. The van der Waals surface area contributed by atoms with Crippen LogP contribution in [-0.2, 0) is 65.4 Å². The van der Waals surface area contributed by atoms with Crippen molar-refractivity contribution < 1.29 is 80.2 Å². The molecule has 0 amide bonds. The first kappa shape index (κ1) is 81.1. The van der Waals surface area contributed by atoms with Gasteiger partial charge in [0.1, 0.15) is 19.3 Å². The Morgan fingerprint density at radius 2 is 0.506 bits per heavy atom. The molecule has 5 atom stereocenters. The first-order valence-electron chi connectivity index (χ1n) is 33.2. The second kappa shape index (κ2) is 54.2. The van der Waals surface area contributed by atoms with E-state index >= 15 is 0 Å². The number of aliphatic hydroxyl groups is 1. The average Bonchev–Trinajstić information content (AvgIpc) is 3.42.